The van der Waals surface area contributed by atoms with Gasteiger partial charge in [0.05, 0.1) is 6.20 Å². The molecule has 3 rings (SSSR count). The summed E-state index contributed by atoms with van der Waals surface area (Å²) in [5.41, 5.74) is 2.15. The molecule has 19 heavy (non-hydrogen) atoms. The topological polar surface area (TPSA) is 41.3 Å². The second-order valence-corrected chi connectivity index (χ2v) is 5.05. The summed E-state index contributed by atoms with van der Waals surface area (Å²) in [4.78, 5) is 2.30. The Kier molecular flexibility index (Phi) is 3.71. The number of nitrogens with zero attached hydrogens (tertiary/aromatic N) is 2. The molecular weight excluding hydrogens is 262 g/mol. The zero-order chi connectivity index (χ0) is 13.1. The largest absolute Gasteiger partial charge is 0.365 e. The molecule has 0 aliphatic carbocycles. The number of rotatable bonds is 3. The number of benzene rings is 1. The van der Waals surface area contributed by atoms with Crippen molar-refractivity contribution in [2.75, 3.05) is 31.1 Å². The minimum Gasteiger partial charge on any atom is -0.365 e. The van der Waals surface area contributed by atoms with Gasteiger partial charge in [0.2, 0.25) is 0 Å². The molecule has 1 fully saturated rings. The predicted octanol–water partition coefficient (Wildman–Crippen LogP) is 2.33. The highest BCUT2D eigenvalue weighted by atomic mass is 35.5. The number of anilines is 1. The molecular formula is C14H16ClN3O. The predicted molar refractivity (Wildman–Crippen MR) is 75.8 cm³/mol. The molecule has 0 radical (unpaired) electrons. The molecule has 4 nitrogen and oxygen atoms in total. The molecule has 0 unspecified atom stereocenters. The monoisotopic (exact) mass is 277 g/mol. The van der Waals surface area contributed by atoms with Crippen molar-refractivity contribution in [3.63, 3.8) is 0 Å². The van der Waals surface area contributed by atoms with E-state index in [0.29, 0.717) is 6.42 Å². The van der Waals surface area contributed by atoms with E-state index in [9.17, 15) is 0 Å². The van der Waals surface area contributed by atoms with E-state index in [-0.39, 0.29) is 0 Å². The molecule has 2 heterocycles. The van der Waals surface area contributed by atoms with E-state index in [2.05, 4.69) is 15.4 Å². The average molecular weight is 278 g/mol. The van der Waals surface area contributed by atoms with E-state index in [1.165, 1.54) is 0 Å². The quantitative estimate of drug-likeness (QED) is 0.935. The number of nitrogens with one attached hydrogen (secondary N) is 1. The Morgan fingerprint density at radius 3 is 2.84 bits per heavy atom. The Morgan fingerprint density at radius 2 is 2.05 bits per heavy atom. The first kappa shape index (κ1) is 12.5. The maximum Gasteiger partial charge on any atom is 0.164 e. The fourth-order valence-corrected chi connectivity index (χ4v) is 2.56. The fourth-order valence-electron chi connectivity index (χ4n) is 2.36. The maximum absolute atomic E-state index is 6.19. The van der Waals surface area contributed by atoms with E-state index in [0.717, 1.165) is 48.2 Å². The van der Waals surface area contributed by atoms with Gasteiger partial charge in [0, 0.05) is 37.6 Å². The maximum atomic E-state index is 6.19. The lowest BCUT2D eigenvalue weighted by Crippen LogP contribution is -2.43. The Balaban J connectivity index is 1.82. The van der Waals surface area contributed by atoms with Crippen LogP contribution in [0.1, 0.15) is 11.3 Å². The van der Waals surface area contributed by atoms with Crippen LogP contribution in [0.2, 0.25) is 5.02 Å². The summed E-state index contributed by atoms with van der Waals surface area (Å²) in [6, 6.07) is 7.84. The molecule has 0 bridgehead atoms. The molecule has 0 spiro atoms. The summed E-state index contributed by atoms with van der Waals surface area (Å²) >= 11 is 6.19. The Bertz CT molecular complexity index is 549. The van der Waals surface area contributed by atoms with Crippen LogP contribution >= 0.6 is 11.6 Å². The van der Waals surface area contributed by atoms with Gasteiger partial charge < -0.3 is 14.7 Å². The number of hydrogen-bond acceptors (Lipinski definition) is 4. The summed E-state index contributed by atoms with van der Waals surface area (Å²) in [5.74, 6) is 0.884. The third-order valence-corrected chi connectivity index (χ3v) is 3.76. The van der Waals surface area contributed by atoms with Crippen molar-refractivity contribution in [3.8, 4) is 0 Å². The smallest absolute Gasteiger partial charge is 0.164 e. The standard InChI is InChI=1S/C14H16ClN3O/c15-12-4-2-1-3-11(12)9-14-13(10-17-19-14)18-7-5-16-6-8-18/h1-4,10,16H,5-9H2. The van der Waals surface area contributed by atoms with Crippen molar-refractivity contribution < 1.29 is 4.52 Å². The first-order valence-electron chi connectivity index (χ1n) is 6.47. The van der Waals surface area contributed by atoms with Gasteiger partial charge in [-0.15, -0.1) is 0 Å². The van der Waals surface area contributed by atoms with Crippen LogP contribution in [0.15, 0.2) is 35.0 Å². The lowest BCUT2D eigenvalue weighted by Gasteiger charge is -2.28. The summed E-state index contributed by atoms with van der Waals surface area (Å²) in [6.07, 6.45) is 2.48. The highest BCUT2D eigenvalue weighted by Crippen LogP contribution is 2.26. The van der Waals surface area contributed by atoms with E-state index >= 15 is 0 Å². The zero-order valence-electron chi connectivity index (χ0n) is 10.6. The van der Waals surface area contributed by atoms with Crippen molar-refractivity contribution in [2.24, 2.45) is 0 Å². The molecule has 0 saturated carbocycles. The normalized spacial score (nSPS) is 15.7. The van der Waals surface area contributed by atoms with Gasteiger partial charge in [0.1, 0.15) is 5.69 Å². The van der Waals surface area contributed by atoms with Gasteiger partial charge in [-0.25, -0.2) is 0 Å². The molecule has 1 aliphatic rings. The zero-order valence-corrected chi connectivity index (χ0v) is 11.4. The van der Waals surface area contributed by atoms with Gasteiger partial charge in [0.25, 0.3) is 0 Å². The summed E-state index contributed by atoms with van der Waals surface area (Å²) < 4.78 is 5.41. The highest BCUT2D eigenvalue weighted by Gasteiger charge is 2.18. The summed E-state index contributed by atoms with van der Waals surface area (Å²) in [7, 11) is 0. The number of hydrogen-bond donors (Lipinski definition) is 1. The Labute approximate surface area is 117 Å². The number of aromatic nitrogens is 1. The summed E-state index contributed by atoms with van der Waals surface area (Å²) in [5, 5.41) is 8.05. The lowest BCUT2D eigenvalue weighted by atomic mass is 10.1. The number of piperazine rings is 1. The Morgan fingerprint density at radius 1 is 1.26 bits per heavy atom. The molecule has 5 heteroatoms. The van der Waals surface area contributed by atoms with E-state index in [1.807, 2.05) is 24.3 Å². The van der Waals surface area contributed by atoms with Crippen LogP contribution in [0.3, 0.4) is 0 Å². The van der Waals surface area contributed by atoms with Crippen LogP contribution in [0, 0.1) is 0 Å². The fraction of sp³-hybridized carbons (Fsp3) is 0.357. The minimum absolute atomic E-state index is 0.679. The van der Waals surface area contributed by atoms with Crippen molar-refractivity contribution in [1.82, 2.24) is 10.5 Å². The molecule has 0 atom stereocenters. The minimum atomic E-state index is 0.679. The molecule has 2 aromatic rings. The van der Waals surface area contributed by atoms with Gasteiger partial charge >= 0.3 is 0 Å². The molecule has 1 saturated heterocycles. The number of halogens is 1. The first-order chi connectivity index (χ1) is 9.34. The van der Waals surface area contributed by atoms with Gasteiger partial charge in [-0.2, -0.15) is 0 Å². The molecule has 1 aromatic heterocycles. The van der Waals surface area contributed by atoms with E-state index < -0.39 is 0 Å². The van der Waals surface area contributed by atoms with Crippen molar-refractivity contribution >= 4 is 17.3 Å². The second kappa shape index (κ2) is 5.63. The Hall–Kier alpha value is -1.52. The van der Waals surface area contributed by atoms with Crippen molar-refractivity contribution in [2.45, 2.75) is 6.42 Å². The van der Waals surface area contributed by atoms with Crippen LogP contribution in [-0.2, 0) is 6.42 Å². The van der Waals surface area contributed by atoms with E-state index in [1.54, 1.807) is 6.20 Å². The van der Waals surface area contributed by atoms with Crippen LogP contribution < -0.4 is 10.2 Å². The lowest BCUT2D eigenvalue weighted by molar-refractivity contribution is 0.389. The van der Waals surface area contributed by atoms with Crippen molar-refractivity contribution in [3.05, 3.63) is 46.8 Å². The van der Waals surface area contributed by atoms with Crippen LogP contribution in [0.5, 0.6) is 0 Å². The molecule has 0 amide bonds. The first-order valence-corrected chi connectivity index (χ1v) is 6.85. The molecule has 1 aliphatic heterocycles. The molecule has 1 N–H and O–H groups in total. The van der Waals surface area contributed by atoms with Gasteiger partial charge in [-0.3, -0.25) is 0 Å². The molecule has 100 valence electrons. The van der Waals surface area contributed by atoms with Crippen molar-refractivity contribution in [1.29, 1.82) is 0 Å². The van der Waals surface area contributed by atoms with Gasteiger partial charge in [-0.1, -0.05) is 35.0 Å². The van der Waals surface area contributed by atoms with Crippen LogP contribution in [0.4, 0.5) is 5.69 Å². The third kappa shape index (κ3) is 2.74. The van der Waals surface area contributed by atoms with E-state index in [4.69, 9.17) is 16.1 Å². The summed E-state index contributed by atoms with van der Waals surface area (Å²) in [6.45, 7) is 3.96. The average Bonchev–Trinajstić information content (AvgIpc) is 2.91. The van der Waals surface area contributed by atoms with Gasteiger partial charge in [0.15, 0.2) is 5.76 Å². The SMILES string of the molecule is Clc1ccccc1Cc1oncc1N1CCNCC1. The van der Waals surface area contributed by atoms with Crippen LogP contribution in [-0.4, -0.2) is 31.3 Å². The van der Waals surface area contributed by atoms with Crippen LogP contribution in [0.25, 0.3) is 0 Å². The van der Waals surface area contributed by atoms with Gasteiger partial charge in [-0.05, 0) is 11.6 Å². The second-order valence-electron chi connectivity index (χ2n) is 4.64. The third-order valence-electron chi connectivity index (χ3n) is 3.39. The molecule has 1 aromatic carbocycles. The highest BCUT2D eigenvalue weighted by molar-refractivity contribution is 6.31.